The largest absolute Gasteiger partial charge is 0.503 e. The predicted molar refractivity (Wildman–Crippen MR) is 112 cm³/mol. The zero-order valence-corrected chi connectivity index (χ0v) is 17.5. The van der Waals surface area contributed by atoms with E-state index in [1.807, 2.05) is 57.2 Å². The number of aryl methyl sites for hydroxylation is 2. The first-order valence-electron chi connectivity index (χ1n) is 9.31. The fourth-order valence-electron chi connectivity index (χ4n) is 3.08. The summed E-state index contributed by atoms with van der Waals surface area (Å²) < 4.78 is 16.0. The molecule has 0 aliphatic rings. The fourth-order valence-corrected chi connectivity index (χ4v) is 3.08. The Kier molecular flexibility index (Phi) is 7.83. The predicted octanol–water partition coefficient (Wildman–Crippen LogP) is 4.63. The lowest BCUT2D eigenvalue weighted by molar-refractivity contribution is -0.133. The van der Waals surface area contributed by atoms with E-state index in [-0.39, 0.29) is 6.61 Å². The minimum atomic E-state index is -0.480. The highest BCUT2D eigenvalue weighted by atomic mass is 16.5. The molecule has 2 aromatic rings. The maximum atomic E-state index is 12.1. The SMILES string of the molecule is CC/C(=N/O)c1cc(C)c(OCc2ccccc2/C(=C\OC)C(=O)OC)cc1C. The van der Waals surface area contributed by atoms with Crippen LogP contribution in [0.3, 0.4) is 0 Å². The Morgan fingerprint density at radius 1 is 1.10 bits per heavy atom. The Bertz CT molecular complexity index is 931. The zero-order chi connectivity index (χ0) is 21.4. The third-order valence-electron chi connectivity index (χ3n) is 4.62. The molecule has 154 valence electrons. The van der Waals surface area contributed by atoms with Crippen LogP contribution in [0, 0.1) is 13.8 Å². The van der Waals surface area contributed by atoms with Crippen LogP contribution in [-0.2, 0) is 20.9 Å². The monoisotopic (exact) mass is 397 g/mol. The van der Waals surface area contributed by atoms with Crippen LogP contribution in [-0.4, -0.2) is 31.1 Å². The van der Waals surface area contributed by atoms with Crippen LogP contribution in [0.2, 0.25) is 0 Å². The summed E-state index contributed by atoms with van der Waals surface area (Å²) in [6, 6.07) is 11.3. The van der Waals surface area contributed by atoms with Gasteiger partial charge in [0.2, 0.25) is 0 Å². The number of carbonyl (C=O) groups excluding carboxylic acids is 1. The van der Waals surface area contributed by atoms with E-state index >= 15 is 0 Å². The maximum Gasteiger partial charge on any atom is 0.341 e. The van der Waals surface area contributed by atoms with E-state index in [0.29, 0.717) is 23.3 Å². The fraction of sp³-hybridized carbons (Fsp3) is 0.304. The smallest absolute Gasteiger partial charge is 0.341 e. The zero-order valence-electron chi connectivity index (χ0n) is 17.5. The summed E-state index contributed by atoms with van der Waals surface area (Å²) in [7, 11) is 2.81. The molecular formula is C23H27NO5. The first-order chi connectivity index (χ1) is 14.0. The van der Waals surface area contributed by atoms with Gasteiger partial charge in [-0.15, -0.1) is 0 Å². The second kappa shape index (κ2) is 10.3. The number of nitrogens with zero attached hydrogens (tertiary/aromatic N) is 1. The van der Waals surface area contributed by atoms with Gasteiger partial charge in [0.15, 0.2) is 0 Å². The minimum Gasteiger partial charge on any atom is -0.503 e. The molecule has 0 heterocycles. The Labute approximate surface area is 171 Å². The molecule has 2 aromatic carbocycles. The summed E-state index contributed by atoms with van der Waals surface area (Å²) in [6.07, 6.45) is 2.00. The molecule has 0 saturated carbocycles. The van der Waals surface area contributed by atoms with Gasteiger partial charge in [-0.2, -0.15) is 0 Å². The highest BCUT2D eigenvalue weighted by Gasteiger charge is 2.17. The van der Waals surface area contributed by atoms with Crippen molar-refractivity contribution in [3.63, 3.8) is 0 Å². The molecule has 29 heavy (non-hydrogen) atoms. The number of hydrogen-bond acceptors (Lipinski definition) is 6. The van der Waals surface area contributed by atoms with Gasteiger partial charge in [-0.05, 0) is 54.7 Å². The van der Waals surface area contributed by atoms with Crippen molar-refractivity contribution in [3.05, 3.63) is 70.5 Å². The Balaban J connectivity index is 2.33. The molecule has 2 rings (SSSR count). The van der Waals surface area contributed by atoms with Crippen molar-refractivity contribution in [3.8, 4) is 5.75 Å². The van der Waals surface area contributed by atoms with E-state index < -0.39 is 5.97 Å². The van der Waals surface area contributed by atoms with Crippen molar-refractivity contribution in [1.82, 2.24) is 0 Å². The molecule has 0 spiro atoms. The second-order valence-electron chi connectivity index (χ2n) is 6.54. The van der Waals surface area contributed by atoms with Crippen LogP contribution in [0.5, 0.6) is 5.75 Å². The number of ether oxygens (including phenoxy) is 3. The maximum absolute atomic E-state index is 12.1. The van der Waals surface area contributed by atoms with E-state index in [1.165, 1.54) is 20.5 Å². The Morgan fingerprint density at radius 2 is 1.83 bits per heavy atom. The van der Waals surface area contributed by atoms with Gasteiger partial charge in [0.1, 0.15) is 17.9 Å². The first-order valence-corrected chi connectivity index (χ1v) is 9.31. The summed E-state index contributed by atoms with van der Waals surface area (Å²) >= 11 is 0. The van der Waals surface area contributed by atoms with Gasteiger partial charge in [0, 0.05) is 5.56 Å². The van der Waals surface area contributed by atoms with E-state index in [1.54, 1.807) is 0 Å². The lowest BCUT2D eigenvalue weighted by atomic mass is 9.99. The van der Waals surface area contributed by atoms with Crippen molar-refractivity contribution in [1.29, 1.82) is 0 Å². The van der Waals surface area contributed by atoms with Gasteiger partial charge in [0.25, 0.3) is 0 Å². The first kappa shape index (κ1) is 22.0. The highest BCUT2D eigenvalue weighted by molar-refractivity contribution is 6.16. The summed E-state index contributed by atoms with van der Waals surface area (Å²) in [5, 5.41) is 12.6. The molecule has 0 atom stereocenters. The molecule has 0 aliphatic carbocycles. The molecule has 6 nitrogen and oxygen atoms in total. The number of rotatable bonds is 8. The van der Waals surface area contributed by atoms with Gasteiger partial charge in [-0.25, -0.2) is 4.79 Å². The second-order valence-corrected chi connectivity index (χ2v) is 6.54. The molecule has 0 radical (unpaired) electrons. The average molecular weight is 397 g/mol. The summed E-state index contributed by atoms with van der Waals surface area (Å²) in [5.41, 5.74) is 5.26. The molecule has 6 heteroatoms. The number of methoxy groups -OCH3 is 2. The van der Waals surface area contributed by atoms with Crippen LogP contribution in [0.15, 0.2) is 47.8 Å². The van der Waals surface area contributed by atoms with Gasteiger partial charge in [0.05, 0.1) is 26.2 Å². The van der Waals surface area contributed by atoms with E-state index in [0.717, 1.165) is 28.0 Å². The average Bonchev–Trinajstić information content (AvgIpc) is 2.73. The van der Waals surface area contributed by atoms with Gasteiger partial charge in [-0.1, -0.05) is 36.3 Å². The third kappa shape index (κ3) is 5.16. The summed E-state index contributed by atoms with van der Waals surface area (Å²) in [4.78, 5) is 12.1. The van der Waals surface area contributed by atoms with Crippen molar-refractivity contribution in [2.75, 3.05) is 14.2 Å². The summed E-state index contributed by atoms with van der Waals surface area (Å²) in [6.45, 7) is 6.10. The number of hydrogen-bond donors (Lipinski definition) is 1. The Morgan fingerprint density at radius 3 is 2.45 bits per heavy atom. The van der Waals surface area contributed by atoms with Gasteiger partial charge >= 0.3 is 5.97 Å². The standard InChI is InChI=1S/C23H27NO5/c1-6-21(24-26)19-11-16(3)22(12-15(19)2)29-13-17-9-7-8-10-18(17)20(14-27-4)23(25)28-5/h7-12,14,26H,6,13H2,1-5H3/b20-14+,24-21-. The number of oxime groups is 1. The van der Waals surface area contributed by atoms with Crippen LogP contribution < -0.4 is 4.74 Å². The topological polar surface area (TPSA) is 77.4 Å². The number of carbonyl (C=O) groups is 1. The Hall–Kier alpha value is -3.28. The lowest BCUT2D eigenvalue weighted by Crippen LogP contribution is -2.09. The molecule has 0 bridgehead atoms. The van der Waals surface area contributed by atoms with E-state index in [9.17, 15) is 10.0 Å². The van der Waals surface area contributed by atoms with Crippen molar-refractivity contribution < 1.29 is 24.2 Å². The van der Waals surface area contributed by atoms with E-state index in [4.69, 9.17) is 14.2 Å². The number of esters is 1. The molecule has 0 saturated heterocycles. The molecule has 0 fully saturated rings. The molecule has 0 aliphatic heterocycles. The number of benzene rings is 2. The lowest BCUT2D eigenvalue weighted by Gasteiger charge is -2.16. The van der Waals surface area contributed by atoms with Crippen LogP contribution in [0.4, 0.5) is 0 Å². The molecule has 0 unspecified atom stereocenters. The van der Waals surface area contributed by atoms with Crippen LogP contribution in [0.25, 0.3) is 5.57 Å². The van der Waals surface area contributed by atoms with Crippen LogP contribution >= 0.6 is 0 Å². The quantitative estimate of drug-likeness (QED) is 0.175. The summed E-state index contributed by atoms with van der Waals surface area (Å²) in [5.74, 6) is 0.246. The third-order valence-corrected chi connectivity index (χ3v) is 4.62. The molecule has 0 amide bonds. The minimum absolute atomic E-state index is 0.266. The van der Waals surface area contributed by atoms with Crippen LogP contribution in [0.1, 0.15) is 41.2 Å². The molecule has 0 aromatic heterocycles. The highest BCUT2D eigenvalue weighted by Crippen LogP contribution is 2.27. The molecular weight excluding hydrogens is 370 g/mol. The van der Waals surface area contributed by atoms with Crippen molar-refractivity contribution >= 4 is 17.3 Å². The van der Waals surface area contributed by atoms with Crippen molar-refractivity contribution in [2.24, 2.45) is 5.16 Å². The normalized spacial score (nSPS) is 11.9. The van der Waals surface area contributed by atoms with Gasteiger partial charge < -0.3 is 19.4 Å². The van der Waals surface area contributed by atoms with Gasteiger partial charge in [-0.3, -0.25) is 0 Å². The molecule has 1 N–H and O–H groups in total. The van der Waals surface area contributed by atoms with E-state index in [2.05, 4.69) is 5.16 Å². The van der Waals surface area contributed by atoms with Crippen molar-refractivity contribution in [2.45, 2.75) is 33.8 Å².